The number of hydrogen-bond acceptors (Lipinski definition) is 3. The number of thiazole rings is 1. The van der Waals surface area contributed by atoms with Crippen LogP contribution in [-0.4, -0.2) is 30.0 Å². The first kappa shape index (κ1) is 17.7. The van der Waals surface area contributed by atoms with E-state index in [1.165, 1.54) is 6.20 Å². The fraction of sp³-hybridized carbons (Fsp3) is 0.727. The van der Waals surface area contributed by atoms with Crippen molar-refractivity contribution >= 4 is 46.1 Å². The molecule has 0 aliphatic carbocycles. The first-order chi connectivity index (χ1) is 8.34. The van der Waals surface area contributed by atoms with Crippen molar-refractivity contribution in [2.75, 3.05) is 0 Å². The molecule has 0 spiro atoms. The molecule has 19 heavy (non-hydrogen) atoms. The SMILES string of the molecule is C[C](C)(C)[Sn]([CH3])([CH3])[O]C(c1cnc(Br)s1)C(F)(F)F. The summed E-state index contributed by atoms with van der Waals surface area (Å²) in [7, 11) is 0. The minimum absolute atomic E-state index is 0.105. The number of hydrogen-bond donors (Lipinski definition) is 0. The van der Waals surface area contributed by atoms with Crippen LogP contribution in [0, 0.1) is 0 Å². The van der Waals surface area contributed by atoms with E-state index in [1.54, 1.807) is 0 Å². The molecular formula is C11H17BrF3NOSSn. The van der Waals surface area contributed by atoms with Crippen molar-refractivity contribution in [3.63, 3.8) is 0 Å². The van der Waals surface area contributed by atoms with Crippen LogP contribution in [-0.2, 0) is 3.07 Å². The maximum absolute atomic E-state index is 13.2. The van der Waals surface area contributed by atoms with Crippen LogP contribution in [0.2, 0.25) is 13.3 Å². The van der Waals surface area contributed by atoms with Gasteiger partial charge in [-0.3, -0.25) is 0 Å². The molecule has 0 fully saturated rings. The molecule has 0 amide bonds. The quantitative estimate of drug-likeness (QED) is 0.546. The average Bonchev–Trinajstić information content (AvgIpc) is 2.57. The number of halogens is 4. The van der Waals surface area contributed by atoms with Crippen LogP contribution >= 0.6 is 27.3 Å². The Labute approximate surface area is 128 Å². The summed E-state index contributed by atoms with van der Waals surface area (Å²) in [6.07, 6.45) is -5.04. The second kappa shape index (κ2) is 5.81. The van der Waals surface area contributed by atoms with Crippen molar-refractivity contribution < 1.29 is 16.2 Å². The summed E-state index contributed by atoms with van der Waals surface area (Å²) in [6.45, 7) is 5.83. The molecule has 1 aromatic rings. The molecule has 2 nitrogen and oxygen atoms in total. The van der Waals surface area contributed by atoms with Gasteiger partial charge in [-0.25, -0.2) is 0 Å². The van der Waals surface area contributed by atoms with E-state index < -0.39 is 31.1 Å². The molecule has 0 aliphatic rings. The topological polar surface area (TPSA) is 22.1 Å². The van der Waals surface area contributed by atoms with Gasteiger partial charge in [-0.1, -0.05) is 0 Å². The molecule has 110 valence electrons. The molecule has 0 aromatic carbocycles. The Morgan fingerprint density at radius 1 is 1.32 bits per heavy atom. The van der Waals surface area contributed by atoms with Gasteiger partial charge in [0.15, 0.2) is 0 Å². The minimum atomic E-state index is -4.41. The van der Waals surface area contributed by atoms with E-state index in [-0.39, 0.29) is 8.31 Å². The Hall–Kier alpha value is 0.659. The summed E-state index contributed by atoms with van der Waals surface area (Å²) in [5, 5.41) is 0. The summed E-state index contributed by atoms with van der Waals surface area (Å²) in [5.74, 6) is 0. The Bertz CT molecular complexity index is 442. The van der Waals surface area contributed by atoms with Crippen LogP contribution in [0.4, 0.5) is 13.2 Å². The molecule has 0 bridgehead atoms. The summed E-state index contributed by atoms with van der Waals surface area (Å²) in [4.78, 5) is 7.68. The van der Waals surface area contributed by atoms with E-state index in [1.807, 2.05) is 30.7 Å². The zero-order valence-corrected chi connectivity index (χ0v) is 16.7. The van der Waals surface area contributed by atoms with E-state index in [4.69, 9.17) is 3.07 Å². The summed E-state index contributed by atoms with van der Waals surface area (Å²) < 4.78 is 45.4. The van der Waals surface area contributed by atoms with E-state index in [9.17, 15) is 13.2 Å². The van der Waals surface area contributed by atoms with Crippen LogP contribution < -0.4 is 0 Å². The van der Waals surface area contributed by atoms with Gasteiger partial charge in [-0.2, -0.15) is 0 Å². The Morgan fingerprint density at radius 2 is 1.84 bits per heavy atom. The summed E-state index contributed by atoms with van der Waals surface area (Å²) in [6, 6.07) is 0. The van der Waals surface area contributed by atoms with Crippen molar-refractivity contribution in [3.8, 4) is 0 Å². The molecule has 0 N–H and O–H groups in total. The predicted molar refractivity (Wildman–Crippen MR) is 76.9 cm³/mol. The van der Waals surface area contributed by atoms with Gasteiger partial charge in [0.05, 0.1) is 0 Å². The fourth-order valence-electron chi connectivity index (χ4n) is 1.14. The fourth-order valence-corrected chi connectivity index (χ4v) is 6.18. The Kier molecular flexibility index (Phi) is 5.41. The molecule has 1 atom stereocenters. The van der Waals surface area contributed by atoms with Gasteiger partial charge in [0, 0.05) is 0 Å². The van der Waals surface area contributed by atoms with E-state index in [0.29, 0.717) is 3.92 Å². The van der Waals surface area contributed by atoms with Crippen LogP contribution in [0.1, 0.15) is 31.8 Å². The third kappa shape index (κ3) is 4.57. The van der Waals surface area contributed by atoms with Crippen molar-refractivity contribution in [3.05, 3.63) is 15.0 Å². The van der Waals surface area contributed by atoms with E-state index in [2.05, 4.69) is 20.9 Å². The average molecular weight is 467 g/mol. The first-order valence-corrected chi connectivity index (χ1v) is 15.6. The number of alkyl halides is 3. The molecule has 1 heterocycles. The van der Waals surface area contributed by atoms with Gasteiger partial charge < -0.3 is 0 Å². The number of aromatic nitrogens is 1. The van der Waals surface area contributed by atoms with Crippen molar-refractivity contribution in [2.45, 2.75) is 46.4 Å². The van der Waals surface area contributed by atoms with Gasteiger partial charge >= 0.3 is 129 Å². The monoisotopic (exact) mass is 467 g/mol. The normalized spacial score (nSPS) is 15.6. The molecule has 0 saturated carbocycles. The molecule has 0 radical (unpaired) electrons. The molecule has 8 heteroatoms. The molecule has 1 aromatic heterocycles. The van der Waals surface area contributed by atoms with Crippen molar-refractivity contribution in [1.29, 1.82) is 0 Å². The molecule has 1 rings (SSSR count). The van der Waals surface area contributed by atoms with Gasteiger partial charge in [0.1, 0.15) is 0 Å². The zero-order valence-electron chi connectivity index (χ0n) is 11.4. The first-order valence-electron chi connectivity index (χ1n) is 5.70. The van der Waals surface area contributed by atoms with Crippen LogP contribution in [0.3, 0.4) is 0 Å². The predicted octanol–water partition coefficient (Wildman–Crippen LogP) is 5.53. The summed E-state index contributed by atoms with van der Waals surface area (Å²) >= 11 is 0.739. The second-order valence-electron chi connectivity index (χ2n) is 5.82. The zero-order chi connectivity index (χ0) is 15.1. The maximum atomic E-state index is 13.2. The Balaban J connectivity index is 3.08. The van der Waals surface area contributed by atoms with Crippen molar-refractivity contribution in [2.24, 2.45) is 0 Å². The van der Waals surface area contributed by atoms with Crippen LogP contribution in [0.25, 0.3) is 0 Å². The molecule has 0 saturated heterocycles. The number of rotatable bonds is 3. The molecular weight excluding hydrogens is 450 g/mol. The van der Waals surface area contributed by atoms with E-state index in [0.717, 1.165) is 11.3 Å². The van der Waals surface area contributed by atoms with Crippen LogP contribution in [0.15, 0.2) is 10.1 Å². The van der Waals surface area contributed by atoms with Gasteiger partial charge in [0.25, 0.3) is 0 Å². The Morgan fingerprint density at radius 3 is 2.16 bits per heavy atom. The second-order valence-corrected chi connectivity index (χ2v) is 21.7. The van der Waals surface area contributed by atoms with Gasteiger partial charge in [-0.05, 0) is 0 Å². The van der Waals surface area contributed by atoms with Gasteiger partial charge in [-0.15, -0.1) is 0 Å². The third-order valence-electron chi connectivity index (χ3n) is 3.27. The third-order valence-corrected chi connectivity index (χ3v) is 17.5. The molecule has 0 aliphatic heterocycles. The van der Waals surface area contributed by atoms with Gasteiger partial charge in [0.2, 0.25) is 0 Å². The standard InChI is InChI=1S/C5H2BrF3NOS.C4H9.2CH3.Sn/c6-4-10-1-2(12-4)3(11)5(7,8)9;1-4(2)3;;;/h1,3H;1-3H3;2*1H3;/q-1;;;;+1. The molecule has 1 unspecified atom stereocenters. The van der Waals surface area contributed by atoms with E-state index >= 15 is 0 Å². The van der Waals surface area contributed by atoms with Crippen molar-refractivity contribution in [1.82, 2.24) is 4.98 Å². The van der Waals surface area contributed by atoms with Crippen LogP contribution in [0.5, 0.6) is 0 Å². The summed E-state index contributed by atoms with van der Waals surface area (Å²) in [5.41, 5.74) is 0. The number of nitrogens with zero attached hydrogens (tertiary/aromatic N) is 1.